The molecule has 1 rings (SSSR count). The zero-order chi connectivity index (χ0) is 10.7. The maximum absolute atomic E-state index is 11.2. The second-order valence-electron chi connectivity index (χ2n) is 3.35. The van der Waals surface area contributed by atoms with E-state index < -0.39 is 0 Å². The highest BCUT2D eigenvalue weighted by molar-refractivity contribution is 5.89. The summed E-state index contributed by atoms with van der Waals surface area (Å²) in [6, 6.07) is 5.34. The molecular formula is C11H15NO2. The van der Waals surface area contributed by atoms with Gasteiger partial charge in [0.15, 0.2) is 0 Å². The highest BCUT2D eigenvalue weighted by Crippen LogP contribution is 2.17. The molecule has 0 saturated carbocycles. The van der Waals surface area contributed by atoms with Gasteiger partial charge in [0.25, 0.3) is 0 Å². The van der Waals surface area contributed by atoms with Gasteiger partial charge in [0.2, 0.25) is 0 Å². The first-order valence-electron chi connectivity index (χ1n) is 4.50. The standard InChI is InChI=1S/C11H15NO2/c1-7-4-5-9(11(13)14-3)6-10(7)8(2)12/h4-6,8H,12H2,1-3H3. The Kier molecular flexibility index (Phi) is 3.25. The van der Waals surface area contributed by atoms with Crippen molar-refractivity contribution in [2.24, 2.45) is 5.73 Å². The Labute approximate surface area is 83.9 Å². The fourth-order valence-corrected chi connectivity index (χ4v) is 1.38. The number of carbonyl (C=O) groups is 1. The van der Waals surface area contributed by atoms with Gasteiger partial charge in [0.05, 0.1) is 12.7 Å². The fraction of sp³-hybridized carbons (Fsp3) is 0.364. The molecule has 0 bridgehead atoms. The molecule has 3 nitrogen and oxygen atoms in total. The highest BCUT2D eigenvalue weighted by Gasteiger charge is 2.09. The first-order chi connectivity index (χ1) is 6.56. The number of benzene rings is 1. The van der Waals surface area contributed by atoms with Crippen molar-refractivity contribution < 1.29 is 9.53 Å². The SMILES string of the molecule is COC(=O)c1ccc(C)c(C(C)N)c1. The minimum absolute atomic E-state index is 0.0698. The Morgan fingerprint density at radius 2 is 2.14 bits per heavy atom. The van der Waals surface area contributed by atoms with Crippen LogP contribution in [-0.2, 0) is 4.74 Å². The first-order valence-corrected chi connectivity index (χ1v) is 4.50. The summed E-state index contributed by atoms with van der Waals surface area (Å²) in [7, 11) is 1.37. The van der Waals surface area contributed by atoms with Crippen molar-refractivity contribution in [3.63, 3.8) is 0 Å². The summed E-state index contributed by atoms with van der Waals surface area (Å²) in [5.41, 5.74) is 8.39. The molecule has 1 aromatic carbocycles. The van der Waals surface area contributed by atoms with E-state index in [9.17, 15) is 4.79 Å². The number of hydrogen-bond acceptors (Lipinski definition) is 3. The number of esters is 1. The molecule has 1 atom stereocenters. The molecule has 14 heavy (non-hydrogen) atoms. The molecule has 0 aliphatic rings. The van der Waals surface area contributed by atoms with Crippen LogP contribution in [0.4, 0.5) is 0 Å². The second kappa shape index (κ2) is 4.24. The molecule has 3 heteroatoms. The minimum Gasteiger partial charge on any atom is -0.465 e. The Bertz CT molecular complexity index is 345. The van der Waals surface area contributed by atoms with Crippen molar-refractivity contribution >= 4 is 5.97 Å². The fourth-order valence-electron chi connectivity index (χ4n) is 1.38. The third-order valence-corrected chi connectivity index (χ3v) is 2.19. The number of ether oxygens (including phenoxy) is 1. The number of carbonyl (C=O) groups excluding carboxylic acids is 1. The van der Waals surface area contributed by atoms with Gasteiger partial charge in [-0.15, -0.1) is 0 Å². The molecule has 2 N–H and O–H groups in total. The van der Waals surface area contributed by atoms with Crippen LogP contribution in [0.1, 0.15) is 34.5 Å². The second-order valence-corrected chi connectivity index (χ2v) is 3.35. The quantitative estimate of drug-likeness (QED) is 0.729. The lowest BCUT2D eigenvalue weighted by Gasteiger charge is -2.10. The Hall–Kier alpha value is -1.35. The largest absolute Gasteiger partial charge is 0.465 e. The topological polar surface area (TPSA) is 52.3 Å². The Balaban J connectivity index is 3.13. The molecule has 0 amide bonds. The van der Waals surface area contributed by atoms with Crippen LogP contribution in [-0.4, -0.2) is 13.1 Å². The zero-order valence-corrected chi connectivity index (χ0v) is 8.70. The van der Waals surface area contributed by atoms with E-state index in [-0.39, 0.29) is 12.0 Å². The minimum atomic E-state index is -0.327. The number of hydrogen-bond donors (Lipinski definition) is 1. The molecule has 0 heterocycles. The van der Waals surface area contributed by atoms with Crippen LogP contribution >= 0.6 is 0 Å². The average Bonchev–Trinajstić information content (AvgIpc) is 2.17. The maximum Gasteiger partial charge on any atom is 0.337 e. The molecule has 0 spiro atoms. The Morgan fingerprint density at radius 1 is 1.50 bits per heavy atom. The highest BCUT2D eigenvalue weighted by atomic mass is 16.5. The summed E-state index contributed by atoms with van der Waals surface area (Å²) in [6.07, 6.45) is 0. The van der Waals surface area contributed by atoms with Crippen molar-refractivity contribution in [1.82, 2.24) is 0 Å². The van der Waals surface area contributed by atoms with Crippen molar-refractivity contribution in [1.29, 1.82) is 0 Å². The normalized spacial score (nSPS) is 12.3. The monoisotopic (exact) mass is 193 g/mol. The van der Waals surface area contributed by atoms with Crippen LogP contribution in [0.2, 0.25) is 0 Å². The molecule has 1 aromatic rings. The van der Waals surface area contributed by atoms with E-state index in [0.29, 0.717) is 5.56 Å². The molecule has 0 aliphatic carbocycles. The third kappa shape index (κ3) is 2.12. The summed E-state index contributed by atoms with van der Waals surface area (Å²) in [6.45, 7) is 3.86. The molecule has 0 aliphatic heterocycles. The predicted octanol–water partition coefficient (Wildman–Crippen LogP) is 1.80. The van der Waals surface area contributed by atoms with Crippen molar-refractivity contribution in [2.45, 2.75) is 19.9 Å². The number of methoxy groups -OCH3 is 1. The van der Waals surface area contributed by atoms with Crippen LogP contribution < -0.4 is 5.73 Å². The van der Waals surface area contributed by atoms with Crippen LogP contribution in [0.25, 0.3) is 0 Å². The van der Waals surface area contributed by atoms with Crippen molar-refractivity contribution in [3.05, 3.63) is 34.9 Å². The van der Waals surface area contributed by atoms with Gasteiger partial charge in [-0.2, -0.15) is 0 Å². The van der Waals surface area contributed by atoms with Crippen molar-refractivity contribution in [3.8, 4) is 0 Å². The maximum atomic E-state index is 11.2. The zero-order valence-electron chi connectivity index (χ0n) is 8.70. The van der Waals surface area contributed by atoms with Crippen molar-refractivity contribution in [2.75, 3.05) is 7.11 Å². The molecule has 0 radical (unpaired) electrons. The molecule has 0 aromatic heterocycles. The lowest BCUT2D eigenvalue weighted by Crippen LogP contribution is -2.09. The number of nitrogens with two attached hydrogens (primary N) is 1. The van der Waals surface area contributed by atoms with Gasteiger partial charge in [-0.1, -0.05) is 6.07 Å². The molecule has 76 valence electrons. The van der Waals surface area contributed by atoms with Gasteiger partial charge < -0.3 is 10.5 Å². The summed E-state index contributed by atoms with van der Waals surface area (Å²) >= 11 is 0. The van der Waals surface area contributed by atoms with Crippen LogP contribution in [0.15, 0.2) is 18.2 Å². The van der Waals surface area contributed by atoms with Gasteiger partial charge in [0, 0.05) is 6.04 Å². The average molecular weight is 193 g/mol. The molecule has 0 saturated heterocycles. The number of aryl methyl sites for hydroxylation is 1. The van der Waals surface area contributed by atoms with E-state index in [1.165, 1.54) is 7.11 Å². The van der Waals surface area contributed by atoms with Gasteiger partial charge in [-0.3, -0.25) is 0 Å². The van der Waals surface area contributed by atoms with Gasteiger partial charge >= 0.3 is 5.97 Å². The molecular weight excluding hydrogens is 178 g/mol. The summed E-state index contributed by atoms with van der Waals surface area (Å²) in [5, 5.41) is 0. The summed E-state index contributed by atoms with van der Waals surface area (Å²) in [5.74, 6) is -0.327. The van der Waals surface area contributed by atoms with Crippen LogP contribution in [0.5, 0.6) is 0 Å². The van der Waals surface area contributed by atoms with Crippen LogP contribution in [0, 0.1) is 6.92 Å². The van der Waals surface area contributed by atoms with E-state index in [1.54, 1.807) is 12.1 Å². The van der Waals surface area contributed by atoms with Gasteiger partial charge in [-0.05, 0) is 37.1 Å². The summed E-state index contributed by atoms with van der Waals surface area (Å²) in [4.78, 5) is 11.2. The van der Waals surface area contributed by atoms with E-state index >= 15 is 0 Å². The Morgan fingerprint density at radius 3 is 2.64 bits per heavy atom. The van der Waals surface area contributed by atoms with Crippen LogP contribution in [0.3, 0.4) is 0 Å². The summed E-state index contributed by atoms with van der Waals surface area (Å²) < 4.78 is 4.63. The predicted molar refractivity (Wildman–Crippen MR) is 55.1 cm³/mol. The number of rotatable bonds is 2. The lowest BCUT2D eigenvalue weighted by atomic mass is 10.0. The van der Waals surface area contributed by atoms with E-state index in [4.69, 9.17) is 5.73 Å². The van der Waals surface area contributed by atoms with Gasteiger partial charge in [-0.25, -0.2) is 4.79 Å². The van der Waals surface area contributed by atoms with E-state index in [2.05, 4.69) is 4.74 Å². The van der Waals surface area contributed by atoms with Gasteiger partial charge in [0.1, 0.15) is 0 Å². The smallest absolute Gasteiger partial charge is 0.337 e. The third-order valence-electron chi connectivity index (χ3n) is 2.19. The van der Waals surface area contributed by atoms with E-state index in [0.717, 1.165) is 11.1 Å². The first kappa shape index (κ1) is 10.7. The lowest BCUT2D eigenvalue weighted by molar-refractivity contribution is 0.0600. The molecule has 1 unspecified atom stereocenters. The molecule has 0 fully saturated rings. The van der Waals surface area contributed by atoms with E-state index in [1.807, 2.05) is 19.9 Å².